The summed E-state index contributed by atoms with van der Waals surface area (Å²) in [6.45, 7) is 4.11. The Labute approximate surface area is 198 Å². The Morgan fingerprint density at radius 3 is 2.72 bits per heavy atom. The van der Waals surface area contributed by atoms with Crippen LogP contribution in [-0.4, -0.2) is 28.2 Å². The molecule has 166 valence electrons. The minimum absolute atomic E-state index is 0.0194. The lowest BCUT2D eigenvalue weighted by Gasteiger charge is -2.13. The van der Waals surface area contributed by atoms with E-state index in [9.17, 15) is 8.42 Å². The molecule has 0 aliphatic rings. The minimum atomic E-state index is -4.01. The molecule has 2 N–H and O–H groups in total. The first-order valence-corrected chi connectivity index (χ1v) is 12.2. The van der Waals surface area contributed by atoms with E-state index >= 15 is 0 Å². The first-order chi connectivity index (χ1) is 15.2. The van der Waals surface area contributed by atoms with Crippen LogP contribution < -0.4 is 9.92 Å². The summed E-state index contributed by atoms with van der Waals surface area (Å²) in [4.78, 5) is 8.28. The largest absolute Gasteiger partial charge is 0.383 e. The number of hydrogen-bond acceptors (Lipinski definition) is 7. The molecule has 0 saturated carbocycles. The second kappa shape index (κ2) is 8.68. The SMILES string of the molecule is CCc1cc(C)ccc1S(=O)(=O)Oc1cc(Br)cc(Cn2ncc3c(N)nc(Cl)nc32)c1. The molecule has 0 aliphatic carbocycles. The molecular weight excluding hydrogens is 518 g/mol. The van der Waals surface area contributed by atoms with Crippen LogP contribution in [0.5, 0.6) is 5.75 Å². The van der Waals surface area contributed by atoms with E-state index in [1.54, 1.807) is 35.1 Å². The van der Waals surface area contributed by atoms with Crippen molar-refractivity contribution in [3.63, 3.8) is 0 Å². The average molecular weight is 537 g/mol. The molecule has 2 aromatic carbocycles. The quantitative estimate of drug-likeness (QED) is 0.285. The predicted octanol–water partition coefficient (Wildman–Crippen LogP) is 4.51. The van der Waals surface area contributed by atoms with Crippen LogP contribution in [0.3, 0.4) is 0 Å². The number of benzene rings is 2. The third-order valence-corrected chi connectivity index (χ3v) is 6.81. The van der Waals surface area contributed by atoms with Gasteiger partial charge >= 0.3 is 10.1 Å². The number of hydrogen-bond donors (Lipinski definition) is 1. The molecule has 4 rings (SSSR count). The van der Waals surface area contributed by atoms with Crippen molar-refractivity contribution in [2.75, 3.05) is 5.73 Å². The van der Waals surface area contributed by atoms with E-state index in [1.807, 2.05) is 26.0 Å². The number of fused-ring (bicyclic) bond motifs is 1. The number of aryl methyl sites for hydroxylation is 2. The first-order valence-electron chi connectivity index (χ1n) is 9.64. The lowest BCUT2D eigenvalue weighted by Crippen LogP contribution is -2.13. The molecule has 0 radical (unpaired) electrons. The van der Waals surface area contributed by atoms with Crippen LogP contribution >= 0.6 is 27.5 Å². The normalized spacial score (nSPS) is 11.8. The summed E-state index contributed by atoms with van der Waals surface area (Å²) in [5, 5.41) is 4.90. The van der Waals surface area contributed by atoms with Gasteiger partial charge in [-0.3, -0.25) is 0 Å². The van der Waals surface area contributed by atoms with Gasteiger partial charge < -0.3 is 9.92 Å². The molecule has 2 aromatic heterocycles. The Kier molecular flexibility index (Phi) is 6.11. The molecule has 8 nitrogen and oxygen atoms in total. The summed E-state index contributed by atoms with van der Waals surface area (Å²) in [5.41, 5.74) is 8.80. The van der Waals surface area contributed by atoms with Gasteiger partial charge in [0, 0.05) is 4.47 Å². The third kappa shape index (κ3) is 4.57. The predicted molar refractivity (Wildman–Crippen MR) is 126 cm³/mol. The maximum Gasteiger partial charge on any atom is 0.339 e. The highest BCUT2D eigenvalue weighted by Gasteiger charge is 2.21. The van der Waals surface area contributed by atoms with Crippen molar-refractivity contribution in [2.45, 2.75) is 31.7 Å². The van der Waals surface area contributed by atoms with Gasteiger partial charge in [-0.1, -0.05) is 40.5 Å². The van der Waals surface area contributed by atoms with Crippen LogP contribution in [0.4, 0.5) is 5.82 Å². The molecule has 11 heteroatoms. The number of anilines is 1. The molecule has 0 atom stereocenters. The summed E-state index contributed by atoms with van der Waals surface area (Å²) >= 11 is 9.35. The highest BCUT2D eigenvalue weighted by Crippen LogP contribution is 2.28. The number of nitrogens with zero attached hydrogens (tertiary/aromatic N) is 4. The van der Waals surface area contributed by atoms with Gasteiger partial charge in [-0.25, -0.2) is 9.67 Å². The Bertz CT molecular complexity index is 1440. The summed E-state index contributed by atoms with van der Waals surface area (Å²) < 4.78 is 33.7. The Hall–Kier alpha value is -2.69. The maximum atomic E-state index is 13.0. The fourth-order valence-corrected chi connectivity index (χ4v) is 5.29. The lowest BCUT2D eigenvalue weighted by atomic mass is 10.1. The van der Waals surface area contributed by atoms with E-state index in [1.165, 1.54) is 0 Å². The van der Waals surface area contributed by atoms with Crippen molar-refractivity contribution in [1.82, 2.24) is 19.7 Å². The number of nitrogens with two attached hydrogens (primary N) is 1. The topological polar surface area (TPSA) is 113 Å². The molecule has 32 heavy (non-hydrogen) atoms. The van der Waals surface area contributed by atoms with Gasteiger partial charge in [-0.15, -0.1) is 0 Å². The van der Waals surface area contributed by atoms with Crippen LogP contribution in [-0.2, 0) is 23.1 Å². The zero-order chi connectivity index (χ0) is 23.0. The zero-order valence-electron chi connectivity index (χ0n) is 17.2. The molecule has 0 fully saturated rings. The summed E-state index contributed by atoms with van der Waals surface area (Å²) in [5.74, 6) is 0.418. The molecule has 0 aliphatic heterocycles. The monoisotopic (exact) mass is 535 g/mol. The number of halogens is 2. The minimum Gasteiger partial charge on any atom is -0.383 e. The van der Waals surface area contributed by atoms with Crippen molar-refractivity contribution in [3.05, 3.63) is 69.0 Å². The van der Waals surface area contributed by atoms with E-state index in [4.69, 9.17) is 21.5 Å². The van der Waals surface area contributed by atoms with Gasteiger partial charge in [0.2, 0.25) is 5.28 Å². The van der Waals surface area contributed by atoms with Gasteiger partial charge in [-0.2, -0.15) is 18.5 Å². The van der Waals surface area contributed by atoms with Crippen LogP contribution in [0.25, 0.3) is 11.0 Å². The summed E-state index contributed by atoms with van der Waals surface area (Å²) in [6.07, 6.45) is 2.13. The molecule has 0 bridgehead atoms. The van der Waals surface area contributed by atoms with Gasteiger partial charge in [0.05, 0.1) is 18.1 Å². The van der Waals surface area contributed by atoms with Crippen LogP contribution in [0.2, 0.25) is 5.28 Å². The Morgan fingerprint density at radius 2 is 1.97 bits per heavy atom. The third-order valence-electron chi connectivity index (χ3n) is 4.83. The second-order valence-electron chi connectivity index (χ2n) is 7.21. The molecule has 0 saturated heterocycles. The molecular formula is C21H19BrClN5O3S. The van der Waals surface area contributed by atoms with E-state index in [0.29, 0.717) is 27.5 Å². The Morgan fingerprint density at radius 1 is 1.19 bits per heavy atom. The molecule has 0 amide bonds. The van der Waals surface area contributed by atoms with Crippen molar-refractivity contribution >= 4 is 54.5 Å². The van der Waals surface area contributed by atoms with Crippen molar-refractivity contribution < 1.29 is 12.6 Å². The van der Waals surface area contributed by atoms with E-state index < -0.39 is 10.1 Å². The highest BCUT2D eigenvalue weighted by molar-refractivity contribution is 9.10. The van der Waals surface area contributed by atoms with Crippen molar-refractivity contribution in [3.8, 4) is 5.75 Å². The number of nitrogen functional groups attached to an aromatic ring is 1. The van der Waals surface area contributed by atoms with Gasteiger partial charge in [0.1, 0.15) is 16.5 Å². The van der Waals surface area contributed by atoms with E-state index in [0.717, 1.165) is 11.1 Å². The Balaban J connectivity index is 1.67. The van der Waals surface area contributed by atoms with Crippen LogP contribution in [0.15, 0.2) is 52.0 Å². The number of rotatable bonds is 6. The van der Waals surface area contributed by atoms with Crippen molar-refractivity contribution in [1.29, 1.82) is 0 Å². The standard InChI is InChI=1S/C21H19BrClN5O3S/c1-3-14-6-12(2)4-5-18(14)32(29,30)31-16-8-13(7-15(22)9-16)11-28-20-17(10-25-28)19(24)26-21(23)27-20/h4-10H,3,11H2,1-2H3,(H2,24,26,27). The first kappa shape index (κ1) is 22.5. The average Bonchev–Trinajstić information content (AvgIpc) is 3.09. The fourth-order valence-electron chi connectivity index (χ4n) is 3.40. The molecule has 4 aromatic rings. The van der Waals surface area contributed by atoms with Gasteiger partial charge in [-0.05, 0) is 60.3 Å². The summed E-state index contributed by atoms with van der Waals surface area (Å²) in [7, 11) is -4.01. The van der Waals surface area contributed by atoms with Crippen LogP contribution in [0.1, 0.15) is 23.6 Å². The summed E-state index contributed by atoms with van der Waals surface area (Å²) in [6, 6.07) is 10.3. The number of aromatic nitrogens is 4. The maximum absolute atomic E-state index is 13.0. The zero-order valence-corrected chi connectivity index (χ0v) is 20.4. The fraction of sp³-hybridized carbons (Fsp3) is 0.190. The van der Waals surface area contributed by atoms with Crippen molar-refractivity contribution in [2.24, 2.45) is 0 Å². The van der Waals surface area contributed by atoms with Gasteiger partial charge in [0.25, 0.3) is 0 Å². The molecule has 0 spiro atoms. The van der Waals surface area contributed by atoms with Crippen LogP contribution in [0, 0.1) is 6.92 Å². The van der Waals surface area contributed by atoms with Gasteiger partial charge in [0.15, 0.2) is 5.65 Å². The lowest BCUT2D eigenvalue weighted by molar-refractivity contribution is 0.484. The molecule has 0 unspecified atom stereocenters. The smallest absolute Gasteiger partial charge is 0.339 e. The van der Waals surface area contributed by atoms with E-state index in [-0.39, 0.29) is 28.3 Å². The second-order valence-corrected chi connectivity index (χ2v) is 9.98. The van der Waals surface area contributed by atoms with E-state index in [2.05, 4.69) is 31.0 Å². The molecule has 2 heterocycles. The highest BCUT2D eigenvalue weighted by atomic mass is 79.9.